The van der Waals surface area contributed by atoms with Crippen molar-refractivity contribution in [2.75, 3.05) is 39.4 Å². The predicted molar refractivity (Wildman–Crippen MR) is 142 cm³/mol. The van der Waals surface area contributed by atoms with Crippen LogP contribution in [0.4, 0.5) is 0 Å². The summed E-state index contributed by atoms with van der Waals surface area (Å²) >= 11 is 0. The molecule has 2 rings (SSSR count). The van der Waals surface area contributed by atoms with Crippen LogP contribution < -0.4 is 10.5 Å². The summed E-state index contributed by atoms with van der Waals surface area (Å²) in [6.07, 6.45) is 5.26. The predicted octanol–water partition coefficient (Wildman–Crippen LogP) is 2.99. The van der Waals surface area contributed by atoms with Gasteiger partial charge in [0.15, 0.2) is 0 Å². The molecule has 1 heterocycles. The third-order valence-electron chi connectivity index (χ3n) is 6.51. The molecule has 1 saturated heterocycles. The normalized spacial score (nSPS) is 21.5. The Hall–Kier alpha value is -1.75. The molecular formula is C28H48N2O7. The number of carbonyl (C=O) groups excluding carboxylic acids is 1. The maximum atomic E-state index is 11.9. The zero-order valence-electron chi connectivity index (χ0n) is 22.9. The van der Waals surface area contributed by atoms with Gasteiger partial charge < -0.3 is 34.9 Å². The molecule has 1 aliphatic heterocycles. The van der Waals surface area contributed by atoms with Crippen molar-refractivity contribution < 1.29 is 34.0 Å². The fourth-order valence-electron chi connectivity index (χ4n) is 4.48. The summed E-state index contributed by atoms with van der Waals surface area (Å²) in [5, 5.41) is 21.2. The van der Waals surface area contributed by atoms with Crippen LogP contribution in [0.3, 0.4) is 0 Å². The fraction of sp³-hybridized carbons (Fsp3) is 0.750. The van der Waals surface area contributed by atoms with Crippen molar-refractivity contribution in [3.63, 3.8) is 0 Å². The van der Waals surface area contributed by atoms with E-state index in [2.05, 4.69) is 24.0 Å². The van der Waals surface area contributed by atoms with Gasteiger partial charge in [-0.25, -0.2) is 0 Å². The summed E-state index contributed by atoms with van der Waals surface area (Å²) in [4.78, 5) is 14.0. The van der Waals surface area contributed by atoms with Gasteiger partial charge in [-0.3, -0.25) is 9.69 Å². The number of aryl methyl sites for hydroxylation is 1. The molecule has 0 bridgehead atoms. The smallest absolute Gasteiger partial charge is 0.303 e. The Kier molecular flexibility index (Phi) is 14.4. The van der Waals surface area contributed by atoms with Crippen molar-refractivity contribution >= 4 is 5.97 Å². The molecule has 0 saturated carbocycles. The van der Waals surface area contributed by atoms with Gasteiger partial charge in [-0.15, -0.1) is 0 Å². The second kappa shape index (κ2) is 17.0. The molecule has 2 unspecified atom stereocenters. The van der Waals surface area contributed by atoms with Crippen LogP contribution in [0.2, 0.25) is 0 Å². The van der Waals surface area contributed by atoms with Gasteiger partial charge in [0.25, 0.3) is 5.97 Å². The zero-order valence-corrected chi connectivity index (χ0v) is 22.9. The first-order valence-electron chi connectivity index (χ1n) is 13.8. The van der Waals surface area contributed by atoms with Gasteiger partial charge in [0.1, 0.15) is 24.6 Å². The van der Waals surface area contributed by atoms with Crippen LogP contribution in [0.15, 0.2) is 24.3 Å². The quantitative estimate of drug-likeness (QED) is 0.196. The molecular weight excluding hydrogens is 476 g/mol. The molecule has 37 heavy (non-hydrogen) atoms. The van der Waals surface area contributed by atoms with Crippen LogP contribution in [0.1, 0.15) is 71.3 Å². The van der Waals surface area contributed by atoms with E-state index in [-0.39, 0.29) is 6.61 Å². The van der Waals surface area contributed by atoms with Gasteiger partial charge in [-0.2, -0.15) is 0 Å². The van der Waals surface area contributed by atoms with E-state index in [4.69, 9.17) is 24.7 Å². The summed E-state index contributed by atoms with van der Waals surface area (Å²) < 4.78 is 22.2. The number of benzene rings is 1. The molecule has 1 aromatic rings. The molecule has 0 spiro atoms. The van der Waals surface area contributed by atoms with E-state index in [1.807, 2.05) is 12.1 Å². The zero-order chi connectivity index (χ0) is 27.1. The lowest BCUT2D eigenvalue weighted by molar-refractivity contribution is -0.398. The Bertz CT molecular complexity index is 759. The third-order valence-corrected chi connectivity index (χ3v) is 6.51. The second-order valence-corrected chi connectivity index (χ2v) is 9.93. The maximum Gasteiger partial charge on any atom is 0.303 e. The van der Waals surface area contributed by atoms with Crippen LogP contribution in [0.25, 0.3) is 0 Å². The number of hydrogen-bond donors (Lipinski definition) is 3. The Morgan fingerprint density at radius 1 is 1.19 bits per heavy atom. The van der Waals surface area contributed by atoms with E-state index in [0.29, 0.717) is 32.7 Å². The lowest BCUT2D eigenvalue weighted by Crippen LogP contribution is -2.53. The van der Waals surface area contributed by atoms with Crippen molar-refractivity contribution in [3.8, 4) is 5.75 Å². The molecule has 0 amide bonds. The highest BCUT2D eigenvalue weighted by Gasteiger charge is 2.40. The molecule has 4 N–H and O–H groups in total. The van der Waals surface area contributed by atoms with Gasteiger partial charge in [0, 0.05) is 33.4 Å². The van der Waals surface area contributed by atoms with Gasteiger partial charge in [0.05, 0.1) is 12.7 Å². The van der Waals surface area contributed by atoms with E-state index >= 15 is 0 Å². The Balaban J connectivity index is 1.97. The summed E-state index contributed by atoms with van der Waals surface area (Å²) in [7, 11) is 0. The van der Waals surface area contributed by atoms with Crippen molar-refractivity contribution in [2.45, 2.75) is 96.4 Å². The fourth-order valence-corrected chi connectivity index (χ4v) is 4.48. The van der Waals surface area contributed by atoms with Crippen LogP contribution >= 0.6 is 0 Å². The number of unbranched alkanes of at least 4 members (excludes halogenated alkanes) is 4. The number of aliphatic hydroxyl groups is 2. The molecule has 0 aliphatic carbocycles. The van der Waals surface area contributed by atoms with Crippen LogP contribution in [0, 0.1) is 0 Å². The number of ether oxygens (including phenoxy) is 4. The molecule has 4 atom stereocenters. The number of carbonyl (C=O) groups is 1. The van der Waals surface area contributed by atoms with Gasteiger partial charge in [0.2, 0.25) is 0 Å². The summed E-state index contributed by atoms with van der Waals surface area (Å²) in [6.45, 7) is 8.04. The monoisotopic (exact) mass is 524 g/mol. The van der Waals surface area contributed by atoms with Crippen molar-refractivity contribution in [1.82, 2.24) is 4.90 Å². The minimum Gasteiger partial charge on any atom is -0.492 e. The minimum absolute atomic E-state index is 0.238. The number of aliphatic hydroxyl groups excluding tert-OH is 1. The summed E-state index contributed by atoms with van der Waals surface area (Å²) in [6, 6.07) is 8.15. The topological polar surface area (TPSA) is 124 Å². The molecule has 9 heteroatoms. The van der Waals surface area contributed by atoms with E-state index in [0.717, 1.165) is 57.2 Å². The highest BCUT2D eigenvalue weighted by Crippen LogP contribution is 2.25. The average Bonchev–Trinajstić information content (AvgIpc) is 2.85. The van der Waals surface area contributed by atoms with E-state index in [1.54, 1.807) is 0 Å². The Morgan fingerprint density at radius 2 is 1.95 bits per heavy atom. The number of nitrogens with zero attached hydrogens (tertiary/aromatic N) is 1. The van der Waals surface area contributed by atoms with Gasteiger partial charge >= 0.3 is 5.97 Å². The van der Waals surface area contributed by atoms with Crippen LogP contribution in [-0.2, 0) is 25.4 Å². The number of hydrogen-bond acceptors (Lipinski definition) is 9. The molecule has 0 aromatic heterocycles. The molecule has 1 aliphatic rings. The highest BCUT2D eigenvalue weighted by molar-refractivity contribution is 5.66. The lowest BCUT2D eigenvalue weighted by atomic mass is 10.0. The minimum atomic E-state index is -1.78. The summed E-state index contributed by atoms with van der Waals surface area (Å²) in [5.41, 5.74) is 6.85. The highest BCUT2D eigenvalue weighted by atomic mass is 16.8. The van der Waals surface area contributed by atoms with E-state index < -0.39 is 30.3 Å². The SMILES string of the molecule is CCCCCCN(CCOc1ccc(CCCCN)cc1)C[C@H](OC(C)=O)C(O)[C@H]1CCOC(C)(O)O1. The van der Waals surface area contributed by atoms with E-state index in [1.165, 1.54) is 19.4 Å². The molecule has 0 radical (unpaired) electrons. The molecule has 1 fully saturated rings. The summed E-state index contributed by atoms with van der Waals surface area (Å²) in [5.74, 6) is -1.45. The number of nitrogens with two attached hydrogens (primary N) is 1. The standard InChI is InChI=1S/C28H48N2O7/c1-4-5-6-9-17-30(18-20-34-24-13-11-23(12-14-24)10-7-8-16-29)21-26(36-22(2)31)27(32)25-15-19-35-28(3,33)37-25/h11-14,25-27,32-33H,4-10,15-21,29H2,1-3H3/t25-,26+,27?,28?/m1/s1. The number of esters is 1. The van der Waals surface area contributed by atoms with Crippen molar-refractivity contribution in [2.24, 2.45) is 5.73 Å². The lowest BCUT2D eigenvalue weighted by Gasteiger charge is -2.39. The maximum absolute atomic E-state index is 11.9. The first-order valence-corrected chi connectivity index (χ1v) is 13.8. The van der Waals surface area contributed by atoms with Crippen molar-refractivity contribution in [3.05, 3.63) is 29.8 Å². The first-order chi connectivity index (χ1) is 17.7. The Morgan fingerprint density at radius 3 is 2.59 bits per heavy atom. The van der Waals surface area contributed by atoms with E-state index in [9.17, 15) is 15.0 Å². The molecule has 9 nitrogen and oxygen atoms in total. The molecule has 212 valence electrons. The van der Waals surface area contributed by atoms with Crippen LogP contribution in [-0.4, -0.2) is 84.8 Å². The van der Waals surface area contributed by atoms with Gasteiger partial charge in [-0.05, 0) is 56.5 Å². The second-order valence-electron chi connectivity index (χ2n) is 9.93. The molecule has 1 aromatic carbocycles. The van der Waals surface area contributed by atoms with Gasteiger partial charge in [-0.1, -0.05) is 38.3 Å². The third kappa shape index (κ3) is 12.6. The average molecular weight is 525 g/mol. The van der Waals surface area contributed by atoms with Crippen molar-refractivity contribution in [1.29, 1.82) is 0 Å². The largest absolute Gasteiger partial charge is 0.492 e. The van der Waals surface area contributed by atoms with Crippen LogP contribution in [0.5, 0.6) is 5.75 Å². The number of rotatable bonds is 18. The first kappa shape index (κ1) is 31.5. The Labute approximate surface area is 222 Å².